The van der Waals surface area contributed by atoms with Crippen molar-refractivity contribution in [1.29, 1.82) is 0 Å². The van der Waals surface area contributed by atoms with E-state index in [-0.39, 0.29) is 12.6 Å². The Hall–Kier alpha value is -1.89. The van der Waals surface area contributed by atoms with Crippen LogP contribution < -0.4 is 5.32 Å². The molecule has 1 aromatic carbocycles. The van der Waals surface area contributed by atoms with Crippen molar-refractivity contribution in [3.8, 4) is 0 Å². The van der Waals surface area contributed by atoms with Crippen molar-refractivity contribution in [2.24, 2.45) is 0 Å². The predicted molar refractivity (Wildman–Crippen MR) is 77.3 cm³/mol. The summed E-state index contributed by atoms with van der Waals surface area (Å²) < 4.78 is 53.5. The molecule has 2 aromatic rings. The van der Waals surface area contributed by atoms with Crippen molar-refractivity contribution in [3.05, 3.63) is 52.9 Å². The molecule has 1 aliphatic rings. The summed E-state index contributed by atoms with van der Waals surface area (Å²) in [4.78, 5) is 4.42. The third kappa shape index (κ3) is 3.55. The van der Waals surface area contributed by atoms with Crippen molar-refractivity contribution in [1.82, 2.24) is 14.9 Å². The SMILES string of the molecule is Cc1cn2c(n1)CC[C@H](NCc1ccc(F)c(C(F)(F)F)c1)C2. The van der Waals surface area contributed by atoms with Gasteiger partial charge in [0.2, 0.25) is 0 Å². The number of halogens is 4. The standard InChI is InChI=1S/C16H17F4N3/c1-10-8-23-9-12(3-5-15(23)22-10)21-7-11-2-4-14(17)13(6-11)16(18,19)20/h2,4,6,8,12,21H,3,5,7,9H2,1H3/t12-/m0/s1. The molecule has 0 saturated carbocycles. The highest BCUT2D eigenvalue weighted by atomic mass is 19.4. The number of hydrogen-bond acceptors (Lipinski definition) is 2. The van der Waals surface area contributed by atoms with Crippen molar-refractivity contribution in [3.63, 3.8) is 0 Å². The minimum Gasteiger partial charge on any atom is -0.333 e. The Bertz CT molecular complexity index is 706. The molecule has 0 amide bonds. The van der Waals surface area contributed by atoms with E-state index in [1.54, 1.807) is 0 Å². The molecule has 0 radical (unpaired) electrons. The number of nitrogens with one attached hydrogen (secondary N) is 1. The van der Waals surface area contributed by atoms with Gasteiger partial charge in [0.15, 0.2) is 0 Å². The number of aromatic nitrogens is 2. The Kier molecular flexibility index (Phi) is 4.14. The van der Waals surface area contributed by atoms with Crippen molar-refractivity contribution >= 4 is 0 Å². The number of benzene rings is 1. The van der Waals surface area contributed by atoms with Crippen LogP contribution in [0.3, 0.4) is 0 Å². The zero-order valence-corrected chi connectivity index (χ0v) is 12.6. The fourth-order valence-corrected chi connectivity index (χ4v) is 2.91. The van der Waals surface area contributed by atoms with Gasteiger partial charge in [-0.15, -0.1) is 0 Å². The second-order valence-corrected chi connectivity index (χ2v) is 5.88. The van der Waals surface area contributed by atoms with E-state index in [9.17, 15) is 17.6 Å². The molecule has 0 unspecified atom stereocenters. The second-order valence-electron chi connectivity index (χ2n) is 5.88. The highest BCUT2D eigenvalue weighted by molar-refractivity contribution is 5.27. The van der Waals surface area contributed by atoms with Gasteiger partial charge in [0, 0.05) is 31.7 Å². The minimum absolute atomic E-state index is 0.162. The molecule has 0 aliphatic carbocycles. The van der Waals surface area contributed by atoms with E-state index in [2.05, 4.69) is 14.9 Å². The number of rotatable bonds is 3. The molecule has 1 aromatic heterocycles. The van der Waals surface area contributed by atoms with E-state index >= 15 is 0 Å². The maximum absolute atomic E-state index is 13.3. The Morgan fingerprint density at radius 1 is 1.35 bits per heavy atom. The minimum atomic E-state index is -4.67. The lowest BCUT2D eigenvalue weighted by Crippen LogP contribution is -2.36. The molecule has 3 nitrogen and oxygen atoms in total. The number of imidazole rings is 1. The summed E-state index contributed by atoms with van der Waals surface area (Å²) in [6, 6.07) is 3.29. The van der Waals surface area contributed by atoms with Crippen LogP contribution in [0.1, 0.15) is 29.1 Å². The Morgan fingerprint density at radius 2 is 2.13 bits per heavy atom. The fourth-order valence-electron chi connectivity index (χ4n) is 2.91. The Morgan fingerprint density at radius 3 is 2.87 bits per heavy atom. The van der Waals surface area contributed by atoms with Gasteiger partial charge < -0.3 is 9.88 Å². The molecule has 0 fully saturated rings. The number of hydrogen-bond donors (Lipinski definition) is 1. The Labute approximate surface area is 131 Å². The lowest BCUT2D eigenvalue weighted by molar-refractivity contribution is -0.140. The number of nitrogens with zero attached hydrogens (tertiary/aromatic N) is 2. The van der Waals surface area contributed by atoms with Gasteiger partial charge in [-0.2, -0.15) is 13.2 Å². The molecule has 1 atom stereocenters. The number of fused-ring (bicyclic) bond motifs is 1. The van der Waals surface area contributed by atoms with Gasteiger partial charge in [-0.3, -0.25) is 0 Å². The first-order valence-corrected chi connectivity index (χ1v) is 7.44. The van der Waals surface area contributed by atoms with Crippen LogP contribution in [0.2, 0.25) is 0 Å². The first-order chi connectivity index (χ1) is 10.8. The van der Waals surface area contributed by atoms with E-state index in [1.165, 1.54) is 6.07 Å². The molecular weight excluding hydrogens is 310 g/mol. The summed E-state index contributed by atoms with van der Waals surface area (Å²) in [6.45, 7) is 2.95. The summed E-state index contributed by atoms with van der Waals surface area (Å²) in [5.41, 5.74) is 0.174. The molecule has 23 heavy (non-hydrogen) atoms. The Balaban J connectivity index is 1.65. The first-order valence-electron chi connectivity index (χ1n) is 7.44. The van der Waals surface area contributed by atoms with E-state index in [0.29, 0.717) is 5.56 Å². The van der Waals surface area contributed by atoms with Crippen LogP contribution in [0, 0.1) is 12.7 Å². The zero-order chi connectivity index (χ0) is 16.6. The zero-order valence-electron chi connectivity index (χ0n) is 12.6. The molecule has 3 rings (SSSR count). The maximum atomic E-state index is 13.3. The highest BCUT2D eigenvalue weighted by Crippen LogP contribution is 2.31. The lowest BCUT2D eigenvalue weighted by atomic mass is 10.1. The quantitative estimate of drug-likeness (QED) is 0.875. The maximum Gasteiger partial charge on any atom is 0.419 e. The normalized spacial score (nSPS) is 18.0. The van der Waals surface area contributed by atoms with Crippen LogP contribution >= 0.6 is 0 Å². The monoisotopic (exact) mass is 327 g/mol. The third-order valence-electron chi connectivity index (χ3n) is 4.04. The molecule has 0 bridgehead atoms. The number of aryl methyl sites for hydroxylation is 2. The average molecular weight is 327 g/mol. The fraction of sp³-hybridized carbons (Fsp3) is 0.438. The number of alkyl halides is 3. The molecule has 1 aliphatic heterocycles. The third-order valence-corrected chi connectivity index (χ3v) is 4.04. The summed E-state index contributed by atoms with van der Waals surface area (Å²) in [6.07, 6.45) is -0.983. The van der Waals surface area contributed by atoms with Crippen LogP contribution in [0.5, 0.6) is 0 Å². The summed E-state index contributed by atoms with van der Waals surface area (Å²) >= 11 is 0. The average Bonchev–Trinajstić information content (AvgIpc) is 2.84. The summed E-state index contributed by atoms with van der Waals surface area (Å²) in [5, 5.41) is 3.25. The van der Waals surface area contributed by atoms with E-state index in [4.69, 9.17) is 0 Å². The molecule has 124 valence electrons. The highest BCUT2D eigenvalue weighted by Gasteiger charge is 2.34. The molecule has 0 saturated heterocycles. The summed E-state index contributed by atoms with van der Waals surface area (Å²) in [5.74, 6) is -0.195. The van der Waals surface area contributed by atoms with Gasteiger partial charge in [0.05, 0.1) is 11.3 Å². The van der Waals surface area contributed by atoms with Crippen molar-refractivity contribution in [2.45, 2.75) is 45.1 Å². The van der Waals surface area contributed by atoms with Gasteiger partial charge in [-0.25, -0.2) is 9.37 Å². The van der Waals surface area contributed by atoms with Crippen LogP contribution in [0.25, 0.3) is 0 Å². The van der Waals surface area contributed by atoms with Crippen molar-refractivity contribution < 1.29 is 17.6 Å². The van der Waals surface area contributed by atoms with Crippen molar-refractivity contribution in [2.75, 3.05) is 0 Å². The molecule has 1 N–H and O–H groups in total. The predicted octanol–water partition coefficient (Wildman–Crippen LogP) is 3.45. The lowest BCUT2D eigenvalue weighted by Gasteiger charge is -2.25. The van der Waals surface area contributed by atoms with E-state index in [1.807, 2.05) is 13.1 Å². The van der Waals surface area contributed by atoms with Gasteiger partial charge >= 0.3 is 6.18 Å². The van der Waals surface area contributed by atoms with E-state index < -0.39 is 17.6 Å². The first kappa shape index (κ1) is 16.0. The van der Waals surface area contributed by atoms with Gasteiger partial charge in [-0.05, 0) is 31.0 Å². The second kappa shape index (κ2) is 5.96. The van der Waals surface area contributed by atoms with Crippen LogP contribution in [0.4, 0.5) is 17.6 Å². The largest absolute Gasteiger partial charge is 0.419 e. The molecule has 0 spiro atoms. The van der Waals surface area contributed by atoms with E-state index in [0.717, 1.165) is 43.0 Å². The summed E-state index contributed by atoms with van der Waals surface area (Å²) in [7, 11) is 0. The smallest absolute Gasteiger partial charge is 0.333 e. The molecule has 2 heterocycles. The van der Waals surface area contributed by atoms with Gasteiger partial charge in [-0.1, -0.05) is 6.07 Å². The molecule has 7 heteroatoms. The van der Waals surface area contributed by atoms with Crippen LogP contribution in [-0.4, -0.2) is 15.6 Å². The van der Waals surface area contributed by atoms with Gasteiger partial charge in [0.1, 0.15) is 11.6 Å². The molecular formula is C16H17F4N3. The van der Waals surface area contributed by atoms with Crippen LogP contribution in [0.15, 0.2) is 24.4 Å². The topological polar surface area (TPSA) is 29.9 Å². The van der Waals surface area contributed by atoms with Crippen LogP contribution in [-0.2, 0) is 25.7 Å². The van der Waals surface area contributed by atoms with Gasteiger partial charge in [0.25, 0.3) is 0 Å².